The number of benzene rings is 3. The molecule has 2 N–H and O–H groups in total. The Hall–Kier alpha value is -3.91. The van der Waals surface area contributed by atoms with Gasteiger partial charge in [-0.1, -0.05) is 36.4 Å². The van der Waals surface area contributed by atoms with Crippen molar-refractivity contribution in [3.05, 3.63) is 96.8 Å². The lowest BCUT2D eigenvalue weighted by molar-refractivity contribution is 0.418. The smallest absolute Gasteiger partial charge is 0.261 e. The fourth-order valence-electron chi connectivity index (χ4n) is 2.86. The quantitative estimate of drug-likeness (QED) is 0.434. The highest BCUT2D eigenvalue weighted by Crippen LogP contribution is 2.28. The zero-order valence-corrected chi connectivity index (χ0v) is 16.9. The van der Waals surface area contributed by atoms with Crippen LogP contribution in [0.1, 0.15) is 0 Å². The van der Waals surface area contributed by atoms with Crippen molar-refractivity contribution in [2.75, 3.05) is 4.72 Å². The summed E-state index contributed by atoms with van der Waals surface area (Å²) in [4.78, 5) is 4.57. The largest absolute Gasteiger partial charge is 0.505 e. The summed E-state index contributed by atoms with van der Waals surface area (Å²) in [5, 5.41) is 9.48. The molecule has 1 heterocycles. The predicted octanol–water partition coefficient (Wildman–Crippen LogP) is 5.19. The lowest BCUT2D eigenvalue weighted by atomic mass is 10.1. The number of halogens is 1. The van der Waals surface area contributed by atoms with Crippen LogP contribution in [-0.4, -0.2) is 18.5 Å². The Morgan fingerprint density at radius 2 is 1.65 bits per heavy atom. The molecule has 1 aromatic heterocycles. The molecule has 0 saturated heterocycles. The molecule has 0 atom stereocenters. The molecule has 0 spiro atoms. The number of nitrogens with one attached hydrogen (secondary N) is 1. The number of aromatic nitrogens is 1. The number of phenols is 1. The highest BCUT2D eigenvalue weighted by Gasteiger charge is 2.14. The third kappa shape index (κ3) is 4.81. The van der Waals surface area contributed by atoms with Crippen LogP contribution < -0.4 is 9.46 Å². The van der Waals surface area contributed by atoms with E-state index in [4.69, 9.17) is 4.74 Å². The Morgan fingerprint density at radius 1 is 0.871 bits per heavy atom. The van der Waals surface area contributed by atoms with E-state index >= 15 is 0 Å². The number of hydrogen-bond donors (Lipinski definition) is 2. The molecule has 0 bridgehead atoms. The number of hydrogen-bond acceptors (Lipinski definition) is 5. The van der Waals surface area contributed by atoms with Crippen molar-refractivity contribution in [3.8, 4) is 28.6 Å². The van der Waals surface area contributed by atoms with Crippen LogP contribution in [0, 0.1) is 5.82 Å². The summed E-state index contributed by atoms with van der Waals surface area (Å²) in [6.45, 7) is 0. The monoisotopic (exact) mass is 436 g/mol. The van der Waals surface area contributed by atoms with Gasteiger partial charge in [0.05, 0.1) is 10.6 Å². The van der Waals surface area contributed by atoms with E-state index in [0.29, 0.717) is 16.9 Å². The first-order chi connectivity index (χ1) is 14.9. The molecule has 4 rings (SSSR count). The van der Waals surface area contributed by atoms with E-state index in [0.717, 1.165) is 12.1 Å². The molecular formula is C23H17FN2O4S. The number of ether oxygens (including phenoxy) is 1. The molecule has 0 amide bonds. The Kier molecular flexibility index (Phi) is 5.55. The molecule has 0 saturated carbocycles. The maximum absolute atomic E-state index is 13.2. The van der Waals surface area contributed by atoms with Crippen LogP contribution in [0.3, 0.4) is 0 Å². The van der Waals surface area contributed by atoms with Crippen LogP contribution in [0.4, 0.5) is 10.1 Å². The lowest BCUT2D eigenvalue weighted by Crippen LogP contribution is -2.12. The average Bonchev–Trinajstić information content (AvgIpc) is 2.77. The van der Waals surface area contributed by atoms with Crippen molar-refractivity contribution < 1.29 is 22.7 Å². The van der Waals surface area contributed by atoms with Crippen LogP contribution >= 0.6 is 0 Å². The second kappa shape index (κ2) is 8.45. The number of anilines is 1. The van der Waals surface area contributed by atoms with Gasteiger partial charge in [-0.2, -0.15) is 0 Å². The second-order valence-electron chi connectivity index (χ2n) is 6.58. The van der Waals surface area contributed by atoms with Gasteiger partial charge in [0.25, 0.3) is 10.0 Å². The van der Waals surface area contributed by atoms with Crippen LogP contribution in [-0.2, 0) is 10.0 Å². The molecule has 0 radical (unpaired) electrons. The number of phenolic OH excluding ortho intramolecular Hbond substituents is 1. The third-order valence-corrected chi connectivity index (χ3v) is 5.72. The third-order valence-electron chi connectivity index (χ3n) is 4.33. The fourth-order valence-corrected chi connectivity index (χ4v) is 3.94. The van der Waals surface area contributed by atoms with E-state index in [-0.39, 0.29) is 16.5 Å². The molecule has 4 aromatic rings. The first-order valence-electron chi connectivity index (χ1n) is 9.22. The van der Waals surface area contributed by atoms with Crippen LogP contribution in [0.15, 0.2) is 95.9 Å². The second-order valence-corrected chi connectivity index (χ2v) is 8.26. The van der Waals surface area contributed by atoms with Gasteiger partial charge in [0.2, 0.25) is 5.88 Å². The van der Waals surface area contributed by atoms with E-state index in [1.165, 1.54) is 18.2 Å². The van der Waals surface area contributed by atoms with Gasteiger partial charge in [-0.3, -0.25) is 4.72 Å². The maximum Gasteiger partial charge on any atom is 0.261 e. The van der Waals surface area contributed by atoms with E-state index < -0.39 is 21.6 Å². The van der Waals surface area contributed by atoms with Gasteiger partial charge in [0, 0.05) is 23.4 Å². The van der Waals surface area contributed by atoms with Crippen molar-refractivity contribution in [2.24, 2.45) is 0 Å². The van der Waals surface area contributed by atoms with Crippen LogP contribution in [0.5, 0.6) is 17.4 Å². The van der Waals surface area contributed by atoms with Crippen molar-refractivity contribution in [2.45, 2.75) is 4.90 Å². The standard InChI is InChI=1S/C23H17FN2O4S/c24-20-13-12-18(15-22(20)27)30-23-11-5-10-21(25-23)16-6-4-7-17(14-16)26-31(28,29)19-8-2-1-3-9-19/h1-15,26-27H. The van der Waals surface area contributed by atoms with E-state index in [9.17, 15) is 17.9 Å². The maximum atomic E-state index is 13.2. The molecule has 0 aliphatic heterocycles. The molecule has 6 nitrogen and oxygen atoms in total. The number of pyridine rings is 1. The van der Waals surface area contributed by atoms with Gasteiger partial charge >= 0.3 is 0 Å². The van der Waals surface area contributed by atoms with Crippen LogP contribution in [0.2, 0.25) is 0 Å². The minimum Gasteiger partial charge on any atom is -0.505 e. The molecule has 0 aliphatic carbocycles. The molecule has 0 aliphatic rings. The molecule has 156 valence electrons. The minimum atomic E-state index is -3.72. The zero-order valence-electron chi connectivity index (χ0n) is 16.1. The molecule has 0 unspecified atom stereocenters. The van der Waals surface area contributed by atoms with Crippen molar-refractivity contribution in [1.82, 2.24) is 4.98 Å². The summed E-state index contributed by atoms with van der Waals surface area (Å²) in [6.07, 6.45) is 0. The molecule has 0 fully saturated rings. The highest BCUT2D eigenvalue weighted by atomic mass is 32.2. The molecule has 3 aromatic carbocycles. The van der Waals surface area contributed by atoms with Gasteiger partial charge in [-0.25, -0.2) is 17.8 Å². The van der Waals surface area contributed by atoms with Crippen molar-refractivity contribution >= 4 is 15.7 Å². The number of aromatic hydroxyl groups is 1. The highest BCUT2D eigenvalue weighted by molar-refractivity contribution is 7.92. The van der Waals surface area contributed by atoms with Crippen molar-refractivity contribution in [3.63, 3.8) is 0 Å². The first-order valence-corrected chi connectivity index (χ1v) is 10.7. The summed E-state index contributed by atoms with van der Waals surface area (Å²) in [7, 11) is -3.72. The Bertz CT molecular complexity index is 1330. The number of sulfonamides is 1. The Morgan fingerprint density at radius 3 is 2.42 bits per heavy atom. The van der Waals surface area contributed by atoms with E-state index in [2.05, 4.69) is 9.71 Å². The van der Waals surface area contributed by atoms with E-state index in [1.54, 1.807) is 60.7 Å². The first kappa shape index (κ1) is 20.4. The van der Waals surface area contributed by atoms with Crippen molar-refractivity contribution in [1.29, 1.82) is 0 Å². The molecule has 8 heteroatoms. The average molecular weight is 436 g/mol. The molecule has 31 heavy (non-hydrogen) atoms. The van der Waals surface area contributed by atoms with Gasteiger partial charge < -0.3 is 9.84 Å². The van der Waals surface area contributed by atoms with Gasteiger partial charge in [-0.15, -0.1) is 0 Å². The SMILES string of the molecule is O=S(=O)(Nc1cccc(-c2cccc(Oc3ccc(F)c(O)c3)n2)c1)c1ccccc1. The van der Waals surface area contributed by atoms with E-state index in [1.807, 2.05) is 0 Å². The number of nitrogens with zero attached hydrogens (tertiary/aromatic N) is 1. The summed E-state index contributed by atoms with van der Waals surface area (Å²) in [6, 6.07) is 23.6. The topological polar surface area (TPSA) is 88.5 Å². The van der Waals surface area contributed by atoms with Gasteiger partial charge in [-0.05, 0) is 42.5 Å². The normalized spacial score (nSPS) is 11.1. The summed E-state index contributed by atoms with van der Waals surface area (Å²) in [5.74, 6) is -0.803. The van der Waals surface area contributed by atoms with Crippen LogP contribution in [0.25, 0.3) is 11.3 Å². The zero-order chi connectivity index (χ0) is 21.8. The molecular weight excluding hydrogens is 419 g/mol. The minimum absolute atomic E-state index is 0.163. The Labute approximate surface area is 178 Å². The predicted molar refractivity (Wildman–Crippen MR) is 115 cm³/mol. The number of rotatable bonds is 6. The van der Waals surface area contributed by atoms with Gasteiger partial charge in [0.1, 0.15) is 5.75 Å². The lowest BCUT2D eigenvalue weighted by Gasteiger charge is -2.10. The summed E-state index contributed by atoms with van der Waals surface area (Å²) in [5.41, 5.74) is 1.60. The fraction of sp³-hybridized carbons (Fsp3) is 0. The summed E-state index contributed by atoms with van der Waals surface area (Å²) >= 11 is 0. The van der Waals surface area contributed by atoms with Gasteiger partial charge in [0.15, 0.2) is 11.6 Å². The summed E-state index contributed by atoms with van der Waals surface area (Å²) < 4.78 is 46.5. The Balaban J connectivity index is 1.58.